The first-order valence-electron chi connectivity index (χ1n) is 14.9. The van der Waals surface area contributed by atoms with Gasteiger partial charge in [-0.3, -0.25) is 9.78 Å². The fraction of sp³-hybridized carbons (Fsp3) is 0.286. The van der Waals surface area contributed by atoms with E-state index in [4.69, 9.17) is 19.4 Å². The van der Waals surface area contributed by atoms with Crippen LogP contribution in [0.3, 0.4) is 0 Å². The van der Waals surface area contributed by atoms with Crippen LogP contribution in [0.25, 0.3) is 44.7 Å². The van der Waals surface area contributed by atoms with Gasteiger partial charge in [0.1, 0.15) is 18.0 Å². The van der Waals surface area contributed by atoms with Gasteiger partial charge in [-0.2, -0.15) is 0 Å². The van der Waals surface area contributed by atoms with Gasteiger partial charge < -0.3 is 24.5 Å². The molecule has 0 bridgehead atoms. The van der Waals surface area contributed by atoms with Crippen molar-refractivity contribution >= 4 is 22.7 Å². The number of nitrogens with zero attached hydrogens (tertiary/aromatic N) is 3. The number of aryl methyl sites for hydroxylation is 2. The first-order chi connectivity index (χ1) is 21.2. The maximum Gasteiger partial charge on any atom is 0.307 e. The van der Waals surface area contributed by atoms with E-state index in [1.807, 2.05) is 49.7 Å². The number of pyridine rings is 2. The topological polar surface area (TPSA) is 98.5 Å². The van der Waals surface area contributed by atoms with Crippen LogP contribution in [0.5, 0.6) is 11.5 Å². The number of carboxylic acids is 1. The number of hydrogen-bond donors (Lipinski definition) is 2. The largest absolute Gasteiger partial charge is 0.490 e. The molecule has 2 aromatic carbocycles. The number of aliphatic carboxylic acids is 1. The van der Waals surface area contributed by atoms with Gasteiger partial charge in [-0.1, -0.05) is 0 Å². The average molecular weight is 593 g/mol. The predicted octanol–water partition coefficient (Wildman–Crippen LogP) is 6.79. The second-order valence-electron chi connectivity index (χ2n) is 11.6. The maximum atomic E-state index is 15.5. The molecule has 0 aliphatic carbocycles. The Bertz CT molecular complexity index is 2000. The highest BCUT2D eigenvalue weighted by Crippen LogP contribution is 2.43. The Labute approximate surface area is 254 Å². The number of carbonyl (C=O) groups is 1. The van der Waals surface area contributed by atoms with Crippen LogP contribution < -0.4 is 14.8 Å². The molecule has 5 aromatic rings. The van der Waals surface area contributed by atoms with Gasteiger partial charge in [0.2, 0.25) is 0 Å². The van der Waals surface area contributed by atoms with Crippen LogP contribution in [0.2, 0.25) is 0 Å². The molecule has 0 atom stereocenters. The van der Waals surface area contributed by atoms with Crippen LogP contribution in [-0.2, 0) is 24.7 Å². The molecule has 44 heavy (non-hydrogen) atoms. The Morgan fingerprint density at radius 2 is 1.91 bits per heavy atom. The molecule has 8 nitrogen and oxygen atoms in total. The Kier molecular flexibility index (Phi) is 6.76. The zero-order valence-corrected chi connectivity index (χ0v) is 25.2. The minimum Gasteiger partial charge on any atom is -0.490 e. The van der Waals surface area contributed by atoms with Gasteiger partial charge in [0.15, 0.2) is 11.6 Å². The number of anilines is 1. The molecule has 224 valence electrons. The lowest BCUT2D eigenvalue weighted by atomic mass is 9.87. The third kappa shape index (κ3) is 4.46. The fourth-order valence-corrected chi connectivity index (χ4v) is 6.73. The molecule has 0 unspecified atom stereocenters. The van der Waals surface area contributed by atoms with Crippen LogP contribution in [0, 0.1) is 26.6 Å². The number of nitrogens with one attached hydrogen (secondary N) is 1. The molecular formula is C35H33FN4O4. The highest BCUT2D eigenvalue weighted by atomic mass is 19.1. The monoisotopic (exact) mass is 592 g/mol. The summed E-state index contributed by atoms with van der Waals surface area (Å²) < 4.78 is 29.0. The Hall–Kier alpha value is -4.92. The lowest BCUT2D eigenvalue weighted by Gasteiger charge is -2.23. The van der Waals surface area contributed by atoms with Gasteiger partial charge in [-0.15, -0.1) is 0 Å². The van der Waals surface area contributed by atoms with Gasteiger partial charge in [-0.05, 0) is 97.8 Å². The molecule has 9 heteroatoms. The van der Waals surface area contributed by atoms with E-state index >= 15 is 4.39 Å². The third-order valence-electron chi connectivity index (χ3n) is 8.94. The van der Waals surface area contributed by atoms with Gasteiger partial charge in [0.25, 0.3) is 0 Å². The smallest absolute Gasteiger partial charge is 0.307 e. The first kappa shape index (κ1) is 27.9. The predicted molar refractivity (Wildman–Crippen MR) is 168 cm³/mol. The van der Waals surface area contributed by atoms with E-state index in [-0.39, 0.29) is 6.42 Å². The van der Waals surface area contributed by atoms with Crippen LogP contribution in [0.4, 0.5) is 10.1 Å². The number of hydrogen-bond acceptors (Lipinski definition) is 6. The molecule has 0 fully saturated rings. The number of ether oxygens (including phenoxy) is 2. The van der Waals surface area contributed by atoms with E-state index < -0.39 is 11.8 Å². The van der Waals surface area contributed by atoms with Crippen molar-refractivity contribution in [2.75, 3.05) is 25.1 Å². The van der Waals surface area contributed by atoms with E-state index in [0.29, 0.717) is 53.4 Å². The summed E-state index contributed by atoms with van der Waals surface area (Å²) in [6.45, 7) is 7.72. The van der Waals surface area contributed by atoms with Crippen molar-refractivity contribution in [2.24, 2.45) is 7.05 Å². The number of halogens is 1. The summed E-state index contributed by atoms with van der Waals surface area (Å²) in [6.07, 6.45) is 3.08. The van der Waals surface area contributed by atoms with Crippen LogP contribution in [0.1, 0.15) is 34.4 Å². The standard InChI is InChI=1S/C35H33FN4O4/c1-18-23-6-5-12-44-34(23)27(36)15-24(18)32-25(17-31(41)42)20(3)39-35-26(32)16-29(40(35)4)21-9-10-37-28(14-21)22-7-8-30-33(19(22)2)38-11-13-43-30/h7-10,14-16,38H,5-6,11-13,17H2,1-4H3,(H,41,42). The number of aromatic nitrogens is 3. The molecule has 0 spiro atoms. The summed E-state index contributed by atoms with van der Waals surface area (Å²) in [7, 11) is 1.95. The second kappa shape index (κ2) is 10.7. The Morgan fingerprint density at radius 1 is 1.07 bits per heavy atom. The zero-order chi connectivity index (χ0) is 30.7. The van der Waals surface area contributed by atoms with Crippen LogP contribution in [-0.4, -0.2) is 45.4 Å². The molecule has 2 N–H and O–H groups in total. The maximum absolute atomic E-state index is 15.5. The van der Waals surface area contributed by atoms with E-state index in [1.54, 1.807) is 6.20 Å². The van der Waals surface area contributed by atoms with E-state index in [2.05, 4.69) is 18.3 Å². The highest BCUT2D eigenvalue weighted by Gasteiger charge is 2.27. The lowest BCUT2D eigenvalue weighted by molar-refractivity contribution is -0.136. The molecule has 2 aliphatic rings. The normalized spacial score (nSPS) is 13.9. The number of carboxylic acid groups (broad SMARTS) is 1. The van der Waals surface area contributed by atoms with Crippen molar-refractivity contribution in [2.45, 2.75) is 40.0 Å². The molecule has 3 aromatic heterocycles. The van der Waals surface area contributed by atoms with Gasteiger partial charge >= 0.3 is 5.97 Å². The Morgan fingerprint density at radius 3 is 2.73 bits per heavy atom. The third-order valence-corrected chi connectivity index (χ3v) is 8.94. The van der Waals surface area contributed by atoms with Crippen LogP contribution in [0.15, 0.2) is 42.6 Å². The summed E-state index contributed by atoms with van der Waals surface area (Å²) in [6, 6.07) is 11.5. The van der Waals surface area contributed by atoms with Crippen molar-refractivity contribution in [3.63, 3.8) is 0 Å². The van der Waals surface area contributed by atoms with Crippen LogP contribution >= 0.6 is 0 Å². The molecule has 0 saturated heterocycles. The average Bonchev–Trinajstić information content (AvgIpc) is 3.35. The number of fused-ring (bicyclic) bond motifs is 3. The van der Waals surface area contributed by atoms with Crippen molar-refractivity contribution in [1.29, 1.82) is 0 Å². The van der Waals surface area contributed by atoms with E-state index in [1.165, 1.54) is 6.07 Å². The summed E-state index contributed by atoms with van der Waals surface area (Å²) in [4.78, 5) is 21.7. The van der Waals surface area contributed by atoms with Crippen molar-refractivity contribution in [3.8, 4) is 45.1 Å². The van der Waals surface area contributed by atoms with Gasteiger partial charge in [0.05, 0.1) is 30.1 Å². The fourth-order valence-electron chi connectivity index (χ4n) is 6.73. The quantitative estimate of drug-likeness (QED) is 0.232. The van der Waals surface area contributed by atoms with Crippen molar-refractivity contribution < 1.29 is 23.8 Å². The summed E-state index contributed by atoms with van der Waals surface area (Å²) in [5.74, 6) is -0.254. The number of rotatable bonds is 5. The number of benzene rings is 2. The molecule has 5 heterocycles. The van der Waals surface area contributed by atoms with Gasteiger partial charge in [-0.25, -0.2) is 9.37 Å². The van der Waals surface area contributed by atoms with E-state index in [0.717, 1.165) is 69.0 Å². The molecule has 0 radical (unpaired) electrons. The zero-order valence-electron chi connectivity index (χ0n) is 25.2. The molecule has 7 rings (SSSR count). The minimum absolute atomic E-state index is 0.224. The summed E-state index contributed by atoms with van der Waals surface area (Å²) in [5, 5.41) is 14.1. The molecule has 0 amide bonds. The lowest BCUT2D eigenvalue weighted by Crippen LogP contribution is -2.19. The van der Waals surface area contributed by atoms with Crippen molar-refractivity contribution in [1.82, 2.24) is 14.5 Å². The molecular weight excluding hydrogens is 559 g/mol. The molecule has 0 saturated carbocycles. The Balaban J connectivity index is 1.43. The highest BCUT2D eigenvalue weighted by molar-refractivity contribution is 6.01. The summed E-state index contributed by atoms with van der Waals surface area (Å²) >= 11 is 0. The summed E-state index contributed by atoms with van der Waals surface area (Å²) in [5.41, 5.74) is 10.7. The van der Waals surface area contributed by atoms with Gasteiger partial charge in [0, 0.05) is 47.6 Å². The second-order valence-corrected chi connectivity index (χ2v) is 11.6. The van der Waals surface area contributed by atoms with E-state index in [9.17, 15) is 9.90 Å². The van der Waals surface area contributed by atoms with Crippen molar-refractivity contribution in [3.05, 3.63) is 76.4 Å². The first-order valence-corrected chi connectivity index (χ1v) is 14.9. The molecule has 2 aliphatic heterocycles. The minimum atomic E-state index is -0.967. The SMILES string of the molecule is Cc1nc2c(cc(-c3ccnc(-c4ccc5c(c4C)NCCO5)c3)n2C)c(-c2cc(F)c3c(c2C)CCCO3)c1CC(=O)O.